The van der Waals surface area contributed by atoms with Crippen molar-refractivity contribution in [3.8, 4) is 0 Å². The molecule has 3 rings (SSSR count). The number of carbonyl (C=O) groups excluding carboxylic acids is 2. The van der Waals surface area contributed by atoms with E-state index >= 15 is 0 Å². The van der Waals surface area contributed by atoms with Crippen LogP contribution in [0.5, 0.6) is 0 Å². The summed E-state index contributed by atoms with van der Waals surface area (Å²) in [6, 6.07) is 11.4. The van der Waals surface area contributed by atoms with Crippen LogP contribution in [0.1, 0.15) is 23.0 Å². The maximum atomic E-state index is 11.9. The average molecular weight is 339 g/mol. The van der Waals surface area contributed by atoms with Crippen molar-refractivity contribution in [1.82, 2.24) is 15.2 Å². The second-order valence-electron chi connectivity index (χ2n) is 5.85. The summed E-state index contributed by atoms with van der Waals surface area (Å²) in [7, 11) is 0. The lowest BCUT2D eigenvalue weighted by atomic mass is 10.1. The number of nitrogens with zero attached hydrogens (tertiary/aromatic N) is 1. The van der Waals surface area contributed by atoms with Crippen molar-refractivity contribution in [2.24, 2.45) is 0 Å². The topological polar surface area (TPSA) is 78.3 Å². The zero-order valence-corrected chi connectivity index (χ0v) is 14.1. The van der Waals surface area contributed by atoms with Crippen molar-refractivity contribution in [3.05, 3.63) is 60.2 Å². The Hall–Kier alpha value is -3.02. The molecule has 0 aliphatic heterocycles. The number of furan rings is 1. The van der Waals surface area contributed by atoms with E-state index in [0.717, 1.165) is 11.9 Å². The van der Waals surface area contributed by atoms with Gasteiger partial charge in [0.2, 0.25) is 5.91 Å². The number of nitrogens with one attached hydrogen (secondary N) is 2. The molecule has 2 heterocycles. The molecular weight excluding hydrogens is 318 g/mol. The summed E-state index contributed by atoms with van der Waals surface area (Å²) in [5, 5.41) is 3.94. The van der Waals surface area contributed by atoms with E-state index in [1.54, 1.807) is 24.0 Å². The Balaban J connectivity index is 1.53. The molecule has 2 amide bonds. The fraction of sp³-hybridized carbons (Fsp3) is 0.263. The molecule has 3 aromatic rings. The quantitative estimate of drug-likeness (QED) is 0.694. The molecule has 130 valence electrons. The van der Waals surface area contributed by atoms with Gasteiger partial charge in [-0.2, -0.15) is 0 Å². The summed E-state index contributed by atoms with van der Waals surface area (Å²) < 4.78 is 5.04. The first-order valence-electron chi connectivity index (χ1n) is 8.27. The highest BCUT2D eigenvalue weighted by molar-refractivity contribution is 5.91. The number of carbonyl (C=O) groups is 2. The Morgan fingerprint density at radius 3 is 2.76 bits per heavy atom. The van der Waals surface area contributed by atoms with Crippen LogP contribution in [0.15, 0.2) is 53.3 Å². The SMILES string of the molecule is CC(=O)N(CCNC(=O)c1ccco1)CCc1c[nH]c2ccccc12. The van der Waals surface area contributed by atoms with Crippen molar-refractivity contribution in [3.63, 3.8) is 0 Å². The molecule has 0 radical (unpaired) electrons. The van der Waals surface area contributed by atoms with Crippen molar-refractivity contribution >= 4 is 22.7 Å². The molecule has 0 bridgehead atoms. The van der Waals surface area contributed by atoms with Gasteiger partial charge in [-0.3, -0.25) is 9.59 Å². The second-order valence-corrected chi connectivity index (χ2v) is 5.85. The van der Waals surface area contributed by atoms with E-state index in [9.17, 15) is 9.59 Å². The molecule has 0 unspecified atom stereocenters. The van der Waals surface area contributed by atoms with Crippen LogP contribution in [0.2, 0.25) is 0 Å². The number of fused-ring (bicyclic) bond motifs is 1. The third kappa shape index (κ3) is 4.09. The molecule has 0 aliphatic rings. The largest absolute Gasteiger partial charge is 0.459 e. The number of hydrogen-bond acceptors (Lipinski definition) is 3. The molecular formula is C19H21N3O3. The standard InChI is InChI=1S/C19H21N3O3/c1-14(23)22(11-9-20-19(24)18-7-4-12-25-18)10-8-15-13-21-17-6-3-2-5-16(15)17/h2-7,12-13,21H,8-11H2,1H3,(H,20,24). The number of rotatable bonds is 7. The highest BCUT2D eigenvalue weighted by Gasteiger charge is 2.12. The minimum Gasteiger partial charge on any atom is -0.459 e. The van der Waals surface area contributed by atoms with Crippen LogP contribution in [0.3, 0.4) is 0 Å². The molecule has 2 aromatic heterocycles. The Kier molecular flexibility index (Phi) is 5.18. The van der Waals surface area contributed by atoms with Gasteiger partial charge in [0.15, 0.2) is 5.76 Å². The number of aromatic amines is 1. The van der Waals surface area contributed by atoms with Crippen LogP contribution >= 0.6 is 0 Å². The fourth-order valence-electron chi connectivity index (χ4n) is 2.82. The minimum atomic E-state index is -0.273. The number of aromatic nitrogens is 1. The van der Waals surface area contributed by atoms with E-state index in [1.807, 2.05) is 24.4 Å². The summed E-state index contributed by atoms with van der Waals surface area (Å²) in [5.41, 5.74) is 2.28. The zero-order chi connectivity index (χ0) is 17.6. The fourth-order valence-corrected chi connectivity index (χ4v) is 2.82. The summed E-state index contributed by atoms with van der Waals surface area (Å²) in [4.78, 5) is 28.7. The van der Waals surface area contributed by atoms with Crippen molar-refractivity contribution in [2.75, 3.05) is 19.6 Å². The smallest absolute Gasteiger partial charge is 0.287 e. The first-order chi connectivity index (χ1) is 12.1. The van der Waals surface area contributed by atoms with E-state index in [4.69, 9.17) is 4.42 Å². The predicted octanol–water partition coefficient (Wildman–Crippen LogP) is 2.58. The van der Waals surface area contributed by atoms with Crippen LogP contribution in [-0.4, -0.2) is 41.3 Å². The average Bonchev–Trinajstić information content (AvgIpc) is 3.27. The number of amides is 2. The van der Waals surface area contributed by atoms with Crippen LogP contribution < -0.4 is 5.32 Å². The summed E-state index contributed by atoms with van der Waals surface area (Å²) in [5.74, 6) is -0.00890. The molecule has 6 nitrogen and oxygen atoms in total. The number of H-pyrrole nitrogens is 1. The molecule has 0 atom stereocenters. The molecule has 6 heteroatoms. The first-order valence-corrected chi connectivity index (χ1v) is 8.27. The second kappa shape index (κ2) is 7.70. The Morgan fingerprint density at radius 1 is 1.16 bits per heavy atom. The monoisotopic (exact) mass is 339 g/mol. The van der Waals surface area contributed by atoms with Gasteiger partial charge in [0.05, 0.1) is 6.26 Å². The van der Waals surface area contributed by atoms with E-state index in [1.165, 1.54) is 17.2 Å². The highest BCUT2D eigenvalue weighted by atomic mass is 16.3. The predicted molar refractivity (Wildman–Crippen MR) is 95.3 cm³/mol. The zero-order valence-electron chi connectivity index (χ0n) is 14.1. The van der Waals surface area contributed by atoms with E-state index in [2.05, 4.69) is 16.4 Å². The maximum Gasteiger partial charge on any atom is 0.287 e. The Labute approximate surface area is 145 Å². The summed E-state index contributed by atoms with van der Waals surface area (Å²) in [6.45, 7) is 2.99. The van der Waals surface area contributed by atoms with Gasteiger partial charge in [0.1, 0.15) is 0 Å². The van der Waals surface area contributed by atoms with Gasteiger partial charge in [-0.15, -0.1) is 0 Å². The van der Waals surface area contributed by atoms with Crippen molar-refractivity contribution in [2.45, 2.75) is 13.3 Å². The van der Waals surface area contributed by atoms with Crippen molar-refractivity contribution < 1.29 is 14.0 Å². The lowest BCUT2D eigenvalue weighted by molar-refractivity contribution is -0.128. The lowest BCUT2D eigenvalue weighted by Gasteiger charge is -2.21. The third-order valence-corrected chi connectivity index (χ3v) is 4.18. The van der Waals surface area contributed by atoms with Crippen LogP contribution in [0, 0.1) is 0 Å². The van der Waals surface area contributed by atoms with E-state index in [-0.39, 0.29) is 17.6 Å². The van der Waals surface area contributed by atoms with E-state index in [0.29, 0.717) is 19.6 Å². The van der Waals surface area contributed by atoms with Gasteiger partial charge >= 0.3 is 0 Å². The Bertz CT molecular complexity index is 852. The van der Waals surface area contributed by atoms with Gasteiger partial charge in [0, 0.05) is 43.7 Å². The lowest BCUT2D eigenvalue weighted by Crippen LogP contribution is -2.38. The minimum absolute atomic E-state index is 0.00733. The van der Waals surface area contributed by atoms with Crippen LogP contribution in [0.25, 0.3) is 10.9 Å². The van der Waals surface area contributed by atoms with Crippen LogP contribution in [-0.2, 0) is 11.2 Å². The molecule has 0 saturated heterocycles. The highest BCUT2D eigenvalue weighted by Crippen LogP contribution is 2.18. The summed E-state index contributed by atoms with van der Waals surface area (Å²) >= 11 is 0. The molecule has 0 saturated carbocycles. The molecule has 2 N–H and O–H groups in total. The summed E-state index contributed by atoms with van der Waals surface area (Å²) in [6.07, 6.45) is 4.20. The number of benzene rings is 1. The number of hydrogen-bond donors (Lipinski definition) is 2. The van der Waals surface area contributed by atoms with Crippen molar-refractivity contribution in [1.29, 1.82) is 0 Å². The molecule has 0 spiro atoms. The maximum absolute atomic E-state index is 11.9. The number of para-hydroxylation sites is 1. The molecule has 25 heavy (non-hydrogen) atoms. The van der Waals surface area contributed by atoms with Gasteiger partial charge < -0.3 is 19.6 Å². The normalized spacial score (nSPS) is 10.8. The first kappa shape index (κ1) is 16.8. The van der Waals surface area contributed by atoms with Gasteiger partial charge in [-0.1, -0.05) is 18.2 Å². The third-order valence-electron chi connectivity index (χ3n) is 4.18. The van der Waals surface area contributed by atoms with E-state index < -0.39 is 0 Å². The molecule has 1 aromatic carbocycles. The molecule has 0 aliphatic carbocycles. The molecule has 0 fully saturated rings. The van der Waals surface area contributed by atoms with Gasteiger partial charge in [-0.05, 0) is 30.2 Å². The van der Waals surface area contributed by atoms with Gasteiger partial charge in [0.25, 0.3) is 5.91 Å². The Morgan fingerprint density at radius 2 is 2.00 bits per heavy atom. The van der Waals surface area contributed by atoms with Gasteiger partial charge in [-0.25, -0.2) is 0 Å². The van der Waals surface area contributed by atoms with Crippen LogP contribution in [0.4, 0.5) is 0 Å².